The van der Waals surface area contributed by atoms with Crippen molar-refractivity contribution in [1.29, 1.82) is 0 Å². The highest BCUT2D eigenvalue weighted by atomic mass is 16.6. The second-order valence-electron chi connectivity index (χ2n) is 3.44. The van der Waals surface area contributed by atoms with Gasteiger partial charge in [-0.05, 0) is 30.5 Å². The van der Waals surface area contributed by atoms with E-state index in [1.807, 2.05) is 24.3 Å². The van der Waals surface area contributed by atoms with E-state index < -0.39 is 6.29 Å². The fourth-order valence-corrected chi connectivity index (χ4v) is 1.13. The first-order valence-corrected chi connectivity index (χ1v) is 4.54. The molecule has 2 nitrogen and oxygen atoms in total. The topological polar surface area (TPSA) is 29.5 Å². The van der Waals surface area contributed by atoms with Crippen LogP contribution in [0.25, 0.3) is 0 Å². The van der Waals surface area contributed by atoms with E-state index in [-0.39, 0.29) is 0 Å². The van der Waals surface area contributed by atoms with Crippen molar-refractivity contribution >= 4 is 0 Å². The Bertz CT molecular complexity index is 249. The highest BCUT2D eigenvalue weighted by Gasteiger charge is 2.00. The number of hydrogen-bond donors (Lipinski definition) is 1. The van der Waals surface area contributed by atoms with Crippen molar-refractivity contribution in [1.82, 2.24) is 0 Å². The third-order valence-electron chi connectivity index (χ3n) is 1.85. The summed E-state index contributed by atoms with van der Waals surface area (Å²) in [5.41, 5.74) is 1.28. The first kappa shape index (κ1) is 10.1. The molecular formula is C11H16O2. The van der Waals surface area contributed by atoms with Gasteiger partial charge in [0, 0.05) is 0 Å². The van der Waals surface area contributed by atoms with Crippen LogP contribution in [0.2, 0.25) is 0 Å². The first-order chi connectivity index (χ1) is 6.09. The summed E-state index contributed by atoms with van der Waals surface area (Å²) in [6, 6.07) is 7.79. The molecule has 0 aromatic heterocycles. The Balaban J connectivity index is 2.70. The van der Waals surface area contributed by atoms with E-state index in [2.05, 4.69) is 13.8 Å². The fourth-order valence-electron chi connectivity index (χ4n) is 1.13. The van der Waals surface area contributed by atoms with E-state index in [1.165, 1.54) is 5.56 Å². The zero-order chi connectivity index (χ0) is 9.84. The van der Waals surface area contributed by atoms with Crippen molar-refractivity contribution in [2.24, 2.45) is 0 Å². The summed E-state index contributed by atoms with van der Waals surface area (Å²) in [7, 11) is 0. The van der Waals surface area contributed by atoms with Gasteiger partial charge < -0.3 is 9.84 Å². The van der Waals surface area contributed by atoms with Gasteiger partial charge in [-0.2, -0.15) is 0 Å². The molecule has 1 rings (SSSR count). The average molecular weight is 180 g/mol. The lowest BCUT2D eigenvalue weighted by Crippen LogP contribution is -2.09. The lowest BCUT2D eigenvalue weighted by Gasteiger charge is -2.10. The number of rotatable bonds is 3. The highest BCUT2D eigenvalue weighted by molar-refractivity contribution is 5.28. The van der Waals surface area contributed by atoms with E-state index in [4.69, 9.17) is 9.84 Å². The minimum Gasteiger partial charge on any atom is -0.465 e. The minimum atomic E-state index is -0.745. The Labute approximate surface area is 79.2 Å². The largest absolute Gasteiger partial charge is 0.465 e. The summed E-state index contributed by atoms with van der Waals surface area (Å²) in [4.78, 5) is 0. The molecule has 1 unspecified atom stereocenters. The van der Waals surface area contributed by atoms with E-state index >= 15 is 0 Å². The summed E-state index contributed by atoms with van der Waals surface area (Å²) in [5, 5.41) is 8.96. The number of benzene rings is 1. The molecule has 0 aliphatic heterocycles. The summed E-state index contributed by atoms with van der Waals surface area (Å²) in [6.45, 7) is 5.88. The lowest BCUT2D eigenvalue weighted by atomic mass is 10.0. The van der Waals surface area contributed by atoms with Crippen LogP contribution in [0.3, 0.4) is 0 Å². The SMILES string of the molecule is CC(O)Oc1ccc(C(C)C)cc1. The zero-order valence-corrected chi connectivity index (χ0v) is 8.32. The van der Waals surface area contributed by atoms with Crippen LogP contribution in [0.1, 0.15) is 32.3 Å². The van der Waals surface area contributed by atoms with Gasteiger partial charge in [0.05, 0.1) is 0 Å². The molecule has 0 saturated heterocycles. The van der Waals surface area contributed by atoms with Gasteiger partial charge in [-0.3, -0.25) is 0 Å². The monoisotopic (exact) mass is 180 g/mol. The molecule has 1 aromatic carbocycles. The predicted octanol–water partition coefficient (Wildman–Crippen LogP) is 2.53. The molecule has 13 heavy (non-hydrogen) atoms. The average Bonchev–Trinajstić information content (AvgIpc) is 2.04. The van der Waals surface area contributed by atoms with Crippen LogP contribution in [0.15, 0.2) is 24.3 Å². The minimum absolute atomic E-state index is 0.528. The Morgan fingerprint density at radius 2 is 1.62 bits per heavy atom. The van der Waals surface area contributed by atoms with Gasteiger partial charge in [0.1, 0.15) is 5.75 Å². The van der Waals surface area contributed by atoms with Gasteiger partial charge in [-0.25, -0.2) is 0 Å². The number of aliphatic hydroxyl groups excluding tert-OH is 1. The number of aliphatic hydroxyl groups is 1. The van der Waals surface area contributed by atoms with Crippen molar-refractivity contribution < 1.29 is 9.84 Å². The second-order valence-corrected chi connectivity index (χ2v) is 3.44. The Hall–Kier alpha value is -1.02. The zero-order valence-electron chi connectivity index (χ0n) is 8.32. The van der Waals surface area contributed by atoms with Crippen LogP contribution in [-0.2, 0) is 0 Å². The quantitative estimate of drug-likeness (QED) is 0.724. The summed E-state index contributed by atoms with van der Waals surface area (Å²) in [6.07, 6.45) is -0.745. The van der Waals surface area contributed by atoms with Crippen molar-refractivity contribution in [3.8, 4) is 5.75 Å². The molecule has 1 N–H and O–H groups in total. The smallest absolute Gasteiger partial charge is 0.194 e. The first-order valence-electron chi connectivity index (χ1n) is 4.54. The maximum absolute atomic E-state index is 8.96. The molecule has 0 aliphatic carbocycles. The summed E-state index contributed by atoms with van der Waals surface area (Å²) in [5.74, 6) is 1.24. The molecule has 0 heterocycles. The molecule has 1 atom stereocenters. The number of hydrogen-bond acceptors (Lipinski definition) is 2. The van der Waals surface area contributed by atoms with Crippen LogP contribution < -0.4 is 4.74 Å². The summed E-state index contributed by atoms with van der Waals surface area (Å²) < 4.78 is 5.10. The Morgan fingerprint density at radius 3 is 2.00 bits per heavy atom. The Kier molecular flexibility index (Phi) is 3.32. The van der Waals surface area contributed by atoms with Crippen LogP contribution in [-0.4, -0.2) is 11.4 Å². The molecule has 72 valence electrons. The van der Waals surface area contributed by atoms with Gasteiger partial charge in [-0.1, -0.05) is 26.0 Å². The van der Waals surface area contributed by atoms with Crippen molar-refractivity contribution in [3.63, 3.8) is 0 Å². The van der Waals surface area contributed by atoms with E-state index in [1.54, 1.807) is 6.92 Å². The van der Waals surface area contributed by atoms with Gasteiger partial charge in [0.15, 0.2) is 6.29 Å². The van der Waals surface area contributed by atoms with Crippen molar-refractivity contribution in [2.45, 2.75) is 33.0 Å². The number of ether oxygens (including phenoxy) is 1. The molecule has 0 bridgehead atoms. The molecule has 0 amide bonds. The molecule has 0 aliphatic rings. The maximum atomic E-state index is 8.96. The molecule has 0 radical (unpaired) electrons. The van der Waals surface area contributed by atoms with Crippen LogP contribution in [0, 0.1) is 0 Å². The molecular weight excluding hydrogens is 164 g/mol. The van der Waals surface area contributed by atoms with Crippen LogP contribution in [0.5, 0.6) is 5.75 Å². The highest BCUT2D eigenvalue weighted by Crippen LogP contribution is 2.18. The van der Waals surface area contributed by atoms with Gasteiger partial charge in [-0.15, -0.1) is 0 Å². The molecule has 0 fully saturated rings. The van der Waals surface area contributed by atoms with E-state index in [0.717, 1.165) is 0 Å². The second kappa shape index (κ2) is 4.28. The van der Waals surface area contributed by atoms with Gasteiger partial charge in [0.2, 0.25) is 0 Å². The maximum Gasteiger partial charge on any atom is 0.194 e. The molecule has 2 heteroatoms. The van der Waals surface area contributed by atoms with Gasteiger partial charge in [0.25, 0.3) is 0 Å². The van der Waals surface area contributed by atoms with Crippen molar-refractivity contribution in [2.75, 3.05) is 0 Å². The standard InChI is InChI=1S/C11H16O2/c1-8(2)10-4-6-11(7-5-10)13-9(3)12/h4-9,12H,1-3H3. The van der Waals surface area contributed by atoms with Crippen molar-refractivity contribution in [3.05, 3.63) is 29.8 Å². The van der Waals surface area contributed by atoms with E-state index in [9.17, 15) is 0 Å². The fraction of sp³-hybridized carbons (Fsp3) is 0.455. The van der Waals surface area contributed by atoms with Crippen LogP contribution in [0.4, 0.5) is 0 Å². The van der Waals surface area contributed by atoms with Crippen LogP contribution >= 0.6 is 0 Å². The molecule has 0 spiro atoms. The predicted molar refractivity (Wildman–Crippen MR) is 52.8 cm³/mol. The third-order valence-corrected chi connectivity index (χ3v) is 1.85. The lowest BCUT2D eigenvalue weighted by molar-refractivity contribution is -0.000302. The molecule has 1 aromatic rings. The third kappa shape index (κ3) is 3.07. The van der Waals surface area contributed by atoms with Gasteiger partial charge >= 0.3 is 0 Å². The molecule has 0 saturated carbocycles. The normalized spacial score (nSPS) is 13.0. The van der Waals surface area contributed by atoms with E-state index in [0.29, 0.717) is 11.7 Å². The Morgan fingerprint density at radius 1 is 1.08 bits per heavy atom. The summed E-state index contributed by atoms with van der Waals surface area (Å²) >= 11 is 0.